The van der Waals surface area contributed by atoms with Crippen molar-refractivity contribution in [2.45, 2.75) is 38.8 Å². The number of nitrogens with two attached hydrogens (primary N) is 1. The minimum atomic E-state index is -1.26. The van der Waals surface area contributed by atoms with Crippen molar-refractivity contribution in [1.82, 2.24) is 0 Å². The number of aliphatic hydroxyl groups excluding tert-OH is 1. The summed E-state index contributed by atoms with van der Waals surface area (Å²) >= 11 is 0. The van der Waals surface area contributed by atoms with Crippen LogP contribution in [-0.2, 0) is 0 Å². The van der Waals surface area contributed by atoms with E-state index in [1.807, 2.05) is 13.8 Å². The van der Waals surface area contributed by atoms with Gasteiger partial charge in [0.15, 0.2) is 11.6 Å². The average Bonchev–Trinajstić information content (AvgIpc) is 2.29. The normalized spacial score (nSPS) is 14.9. The van der Waals surface area contributed by atoms with Gasteiger partial charge in [0.1, 0.15) is 5.82 Å². The zero-order valence-electron chi connectivity index (χ0n) is 10.5. The lowest BCUT2D eigenvalue weighted by Gasteiger charge is -2.20. The second-order valence-electron chi connectivity index (χ2n) is 4.85. The minimum absolute atomic E-state index is 0.204. The van der Waals surface area contributed by atoms with Crippen molar-refractivity contribution in [3.63, 3.8) is 0 Å². The molecule has 0 fully saturated rings. The summed E-state index contributed by atoms with van der Waals surface area (Å²) < 4.78 is 39.2. The maximum absolute atomic E-state index is 13.4. The fourth-order valence-corrected chi connectivity index (χ4v) is 1.68. The van der Waals surface area contributed by atoms with E-state index in [1.54, 1.807) is 0 Å². The summed E-state index contributed by atoms with van der Waals surface area (Å²) in [6, 6.07) is 0.0898. The summed E-state index contributed by atoms with van der Waals surface area (Å²) in [6.07, 6.45) is 0.129. The molecule has 0 heterocycles. The maximum atomic E-state index is 13.4. The fourth-order valence-electron chi connectivity index (χ4n) is 1.68. The van der Waals surface area contributed by atoms with Gasteiger partial charge in [-0.2, -0.15) is 0 Å². The molecule has 0 aromatic heterocycles. The lowest BCUT2D eigenvalue weighted by Crippen LogP contribution is -2.27. The Morgan fingerprint density at radius 3 is 2.17 bits per heavy atom. The first-order valence-electron chi connectivity index (χ1n) is 5.91. The van der Waals surface area contributed by atoms with Crippen LogP contribution in [0, 0.1) is 23.4 Å². The van der Waals surface area contributed by atoms with Crippen LogP contribution in [0.4, 0.5) is 13.2 Å². The van der Waals surface area contributed by atoms with Crippen LogP contribution in [0.5, 0.6) is 0 Å². The van der Waals surface area contributed by atoms with Crippen LogP contribution in [0.25, 0.3) is 0 Å². The molecule has 1 aromatic carbocycles. The number of halogens is 3. The number of aliphatic hydroxyl groups is 1. The molecule has 2 nitrogen and oxygen atoms in total. The lowest BCUT2D eigenvalue weighted by atomic mass is 9.95. The van der Waals surface area contributed by atoms with Crippen LogP contribution in [0.15, 0.2) is 12.1 Å². The Morgan fingerprint density at radius 2 is 1.61 bits per heavy atom. The van der Waals surface area contributed by atoms with E-state index in [0.717, 1.165) is 6.42 Å². The number of hydrogen-bond donors (Lipinski definition) is 2. The second kappa shape index (κ2) is 6.20. The molecule has 18 heavy (non-hydrogen) atoms. The van der Waals surface area contributed by atoms with Gasteiger partial charge in [0.25, 0.3) is 0 Å². The first-order chi connectivity index (χ1) is 8.32. The quantitative estimate of drug-likeness (QED) is 0.800. The van der Waals surface area contributed by atoms with E-state index in [-0.39, 0.29) is 5.56 Å². The maximum Gasteiger partial charge on any atom is 0.161 e. The molecule has 0 amide bonds. The number of benzene rings is 1. The summed E-state index contributed by atoms with van der Waals surface area (Å²) in [5.74, 6) is -3.00. The molecule has 0 aliphatic rings. The molecule has 5 heteroatoms. The van der Waals surface area contributed by atoms with Crippen molar-refractivity contribution in [1.29, 1.82) is 0 Å². The van der Waals surface area contributed by atoms with Crippen molar-refractivity contribution in [3.05, 3.63) is 35.1 Å². The first-order valence-corrected chi connectivity index (χ1v) is 5.91. The minimum Gasteiger partial charge on any atom is -0.391 e. The molecule has 1 rings (SSSR count). The van der Waals surface area contributed by atoms with Gasteiger partial charge in [-0.3, -0.25) is 0 Å². The average molecular weight is 261 g/mol. The van der Waals surface area contributed by atoms with Gasteiger partial charge < -0.3 is 10.8 Å². The highest BCUT2D eigenvalue weighted by atomic mass is 19.2. The number of hydrogen-bond acceptors (Lipinski definition) is 2. The first kappa shape index (κ1) is 15.0. The zero-order chi connectivity index (χ0) is 13.9. The highest BCUT2D eigenvalue weighted by Gasteiger charge is 2.22. The smallest absolute Gasteiger partial charge is 0.161 e. The van der Waals surface area contributed by atoms with Crippen molar-refractivity contribution >= 4 is 0 Å². The summed E-state index contributed by atoms with van der Waals surface area (Å²) in [5, 5.41) is 9.80. The molecule has 0 bridgehead atoms. The molecule has 0 spiro atoms. The lowest BCUT2D eigenvalue weighted by molar-refractivity contribution is 0.126. The molecular formula is C13H18F3NO. The van der Waals surface area contributed by atoms with Crippen molar-refractivity contribution in [3.8, 4) is 0 Å². The third-order valence-electron chi connectivity index (χ3n) is 2.85. The molecule has 0 unspecified atom stereocenters. The highest BCUT2D eigenvalue weighted by Crippen LogP contribution is 2.24. The van der Waals surface area contributed by atoms with Gasteiger partial charge in [0.2, 0.25) is 0 Å². The van der Waals surface area contributed by atoms with E-state index >= 15 is 0 Å². The van der Waals surface area contributed by atoms with E-state index in [1.165, 1.54) is 0 Å². The molecule has 102 valence electrons. The van der Waals surface area contributed by atoms with Gasteiger partial charge in [-0.05, 0) is 24.8 Å². The van der Waals surface area contributed by atoms with Crippen LogP contribution in [-0.4, -0.2) is 11.2 Å². The Labute approximate surface area is 105 Å². The largest absolute Gasteiger partial charge is 0.391 e. The third kappa shape index (κ3) is 3.71. The Hall–Kier alpha value is -1.07. The van der Waals surface area contributed by atoms with Crippen molar-refractivity contribution in [2.24, 2.45) is 11.7 Å². The topological polar surface area (TPSA) is 46.2 Å². The van der Waals surface area contributed by atoms with Crippen molar-refractivity contribution in [2.75, 3.05) is 0 Å². The summed E-state index contributed by atoms with van der Waals surface area (Å²) in [6.45, 7) is 3.97. The number of rotatable bonds is 5. The SMILES string of the molecule is CC(C)CC[C@@H](O)[C@@H](N)c1cc(F)c(F)cc1F. The fraction of sp³-hybridized carbons (Fsp3) is 0.538. The molecular weight excluding hydrogens is 243 g/mol. The Kier molecular flexibility index (Phi) is 5.16. The molecule has 0 aliphatic carbocycles. The molecule has 0 saturated carbocycles. The predicted molar refractivity (Wildman–Crippen MR) is 63.3 cm³/mol. The van der Waals surface area contributed by atoms with Gasteiger partial charge in [0, 0.05) is 11.6 Å². The van der Waals surface area contributed by atoms with E-state index in [0.29, 0.717) is 24.5 Å². The van der Waals surface area contributed by atoms with E-state index in [9.17, 15) is 18.3 Å². The summed E-state index contributed by atoms with van der Waals surface area (Å²) in [4.78, 5) is 0. The Morgan fingerprint density at radius 1 is 1.06 bits per heavy atom. The molecule has 0 aliphatic heterocycles. The second-order valence-corrected chi connectivity index (χ2v) is 4.85. The van der Waals surface area contributed by atoms with Crippen molar-refractivity contribution < 1.29 is 18.3 Å². The standard InChI is InChI=1S/C13H18F3NO/c1-7(2)3-4-12(18)13(17)8-5-10(15)11(16)6-9(8)14/h5-7,12-13,18H,3-4,17H2,1-2H3/t12-,13+/m1/s1. The molecule has 3 N–H and O–H groups in total. The van der Waals surface area contributed by atoms with Gasteiger partial charge in [-0.1, -0.05) is 13.8 Å². The van der Waals surface area contributed by atoms with Crippen LogP contribution < -0.4 is 5.73 Å². The van der Waals surface area contributed by atoms with Crippen LogP contribution in [0.2, 0.25) is 0 Å². The summed E-state index contributed by atoms with van der Waals surface area (Å²) in [7, 11) is 0. The van der Waals surface area contributed by atoms with Gasteiger partial charge in [-0.25, -0.2) is 13.2 Å². The van der Waals surface area contributed by atoms with E-state index < -0.39 is 29.6 Å². The van der Waals surface area contributed by atoms with Gasteiger partial charge in [-0.15, -0.1) is 0 Å². The third-order valence-corrected chi connectivity index (χ3v) is 2.85. The predicted octanol–water partition coefficient (Wildman–Crippen LogP) is 2.90. The molecule has 0 saturated heterocycles. The molecule has 0 radical (unpaired) electrons. The highest BCUT2D eigenvalue weighted by molar-refractivity contribution is 5.24. The van der Waals surface area contributed by atoms with Gasteiger partial charge in [0.05, 0.1) is 12.1 Å². The summed E-state index contributed by atoms with van der Waals surface area (Å²) in [5.41, 5.74) is 5.46. The molecule has 2 atom stereocenters. The van der Waals surface area contributed by atoms with Gasteiger partial charge >= 0.3 is 0 Å². The van der Waals surface area contributed by atoms with E-state index in [4.69, 9.17) is 5.73 Å². The van der Waals surface area contributed by atoms with Crippen LogP contribution >= 0.6 is 0 Å². The zero-order valence-corrected chi connectivity index (χ0v) is 10.5. The monoisotopic (exact) mass is 261 g/mol. The Bertz CT molecular complexity index is 409. The van der Waals surface area contributed by atoms with Crippen LogP contribution in [0.1, 0.15) is 38.3 Å². The van der Waals surface area contributed by atoms with Crippen LogP contribution in [0.3, 0.4) is 0 Å². The molecule has 1 aromatic rings. The van der Waals surface area contributed by atoms with E-state index in [2.05, 4.69) is 0 Å². The Balaban J connectivity index is 2.83.